The molecule has 1 aromatic carbocycles. The SMILES string of the molecule is N#Cc1ncn(CCNC(=O)OCc2ccccc2)n1. The lowest BCUT2D eigenvalue weighted by molar-refractivity contribution is 0.139. The van der Waals surface area contributed by atoms with Crippen molar-refractivity contribution in [3.05, 3.63) is 48.0 Å². The zero-order valence-electron chi connectivity index (χ0n) is 10.7. The van der Waals surface area contributed by atoms with Crippen LogP contribution in [0.5, 0.6) is 0 Å². The van der Waals surface area contributed by atoms with E-state index in [1.165, 1.54) is 11.0 Å². The lowest BCUT2D eigenvalue weighted by Crippen LogP contribution is -2.28. The van der Waals surface area contributed by atoms with E-state index >= 15 is 0 Å². The van der Waals surface area contributed by atoms with Crippen LogP contribution in [0.15, 0.2) is 36.7 Å². The van der Waals surface area contributed by atoms with Crippen LogP contribution in [0.2, 0.25) is 0 Å². The number of ether oxygens (including phenoxy) is 1. The second-order valence-electron chi connectivity index (χ2n) is 3.93. The molecule has 0 aliphatic rings. The van der Waals surface area contributed by atoms with Gasteiger partial charge in [0.25, 0.3) is 5.82 Å². The zero-order chi connectivity index (χ0) is 14.2. The van der Waals surface area contributed by atoms with Gasteiger partial charge in [0.15, 0.2) is 0 Å². The molecule has 1 N–H and O–H groups in total. The van der Waals surface area contributed by atoms with E-state index in [0.717, 1.165) is 5.56 Å². The maximum Gasteiger partial charge on any atom is 0.407 e. The Bertz CT molecular complexity index is 603. The Labute approximate surface area is 115 Å². The maximum absolute atomic E-state index is 11.4. The van der Waals surface area contributed by atoms with E-state index < -0.39 is 6.09 Å². The first-order chi connectivity index (χ1) is 9.78. The average molecular weight is 271 g/mol. The number of alkyl carbamates (subject to hydrolysis) is 1. The van der Waals surface area contributed by atoms with E-state index in [4.69, 9.17) is 10.00 Å². The number of nitrogens with zero attached hydrogens (tertiary/aromatic N) is 4. The van der Waals surface area contributed by atoms with E-state index in [2.05, 4.69) is 15.4 Å². The molecule has 0 bridgehead atoms. The molecule has 20 heavy (non-hydrogen) atoms. The first kappa shape index (κ1) is 13.5. The maximum atomic E-state index is 11.4. The number of carbonyl (C=O) groups is 1. The highest BCUT2D eigenvalue weighted by atomic mass is 16.5. The largest absolute Gasteiger partial charge is 0.445 e. The van der Waals surface area contributed by atoms with Gasteiger partial charge in [-0.25, -0.2) is 14.5 Å². The van der Waals surface area contributed by atoms with Crippen LogP contribution in [0, 0.1) is 11.3 Å². The van der Waals surface area contributed by atoms with Crippen molar-refractivity contribution < 1.29 is 9.53 Å². The van der Waals surface area contributed by atoms with E-state index in [9.17, 15) is 4.79 Å². The third kappa shape index (κ3) is 4.10. The van der Waals surface area contributed by atoms with Crippen LogP contribution in [0.4, 0.5) is 4.79 Å². The summed E-state index contributed by atoms with van der Waals surface area (Å²) >= 11 is 0. The van der Waals surface area contributed by atoms with Crippen molar-refractivity contribution in [2.75, 3.05) is 6.54 Å². The Hall–Kier alpha value is -2.88. The Morgan fingerprint density at radius 1 is 1.40 bits per heavy atom. The standard InChI is InChI=1S/C13H13N5O2/c14-8-12-16-10-18(17-12)7-6-15-13(19)20-9-11-4-2-1-3-5-11/h1-5,10H,6-7,9H2,(H,15,19). The number of nitriles is 1. The van der Waals surface area contributed by atoms with Gasteiger partial charge in [-0.05, 0) is 5.56 Å². The summed E-state index contributed by atoms with van der Waals surface area (Å²) in [5.74, 6) is 0.108. The van der Waals surface area contributed by atoms with Gasteiger partial charge >= 0.3 is 6.09 Å². The Kier molecular flexibility index (Phi) is 4.67. The molecule has 0 saturated heterocycles. The predicted molar refractivity (Wildman–Crippen MR) is 69.4 cm³/mol. The van der Waals surface area contributed by atoms with Gasteiger partial charge in [-0.1, -0.05) is 30.3 Å². The van der Waals surface area contributed by atoms with Gasteiger partial charge in [-0.2, -0.15) is 5.26 Å². The van der Waals surface area contributed by atoms with Crippen LogP contribution in [0.3, 0.4) is 0 Å². The van der Waals surface area contributed by atoms with Crippen LogP contribution >= 0.6 is 0 Å². The molecule has 7 heteroatoms. The van der Waals surface area contributed by atoms with E-state index in [0.29, 0.717) is 13.1 Å². The van der Waals surface area contributed by atoms with Gasteiger partial charge in [-0.3, -0.25) is 0 Å². The van der Waals surface area contributed by atoms with Crippen LogP contribution in [-0.2, 0) is 17.9 Å². The molecule has 0 unspecified atom stereocenters. The number of hydrogen-bond acceptors (Lipinski definition) is 5. The van der Waals surface area contributed by atoms with Crippen molar-refractivity contribution in [2.24, 2.45) is 0 Å². The number of aromatic nitrogens is 3. The quantitative estimate of drug-likeness (QED) is 0.878. The van der Waals surface area contributed by atoms with Gasteiger partial charge in [0, 0.05) is 6.54 Å². The first-order valence-corrected chi connectivity index (χ1v) is 6.02. The Morgan fingerprint density at radius 3 is 2.90 bits per heavy atom. The van der Waals surface area contributed by atoms with Crippen molar-refractivity contribution in [3.63, 3.8) is 0 Å². The van der Waals surface area contributed by atoms with Crippen LogP contribution in [0.25, 0.3) is 0 Å². The Balaban J connectivity index is 1.66. The molecule has 102 valence electrons. The number of benzene rings is 1. The average Bonchev–Trinajstić information content (AvgIpc) is 2.94. The van der Waals surface area contributed by atoms with Crippen molar-refractivity contribution in [3.8, 4) is 6.07 Å². The molecule has 0 atom stereocenters. The molecular formula is C13H13N5O2. The van der Waals surface area contributed by atoms with Gasteiger partial charge in [0.2, 0.25) is 0 Å². The molecule has 0 fully saturated rings. The summed E-state index contributed by atoms with van der Waals surface area (Å²) < 4.78 is 6.53. The highest BCUT2D eigenvalue weighted by molar-refractivity contribution is 5.67. The van der Waals surface area contributed by atoms with Crippen molar-refractivity contribution in [2.45, 2.75) is 13.2 Å². The molecular weight excluding hydrogens is 258 g/mol. The van der Waals surface area contributed by atoms with Crippen molar-refractivity contribution in [1.29, 1.82) is 5.26 Å². The molecule has 0 aliphatic heterocycles. The van der Waals surface area contributed by atoms with Crippen LogP contribution < -0.4 is 5.32 Å². The van der Waals surface area contributed by atoms with Crippen molar-refractivity contribution in [1.82, 2.24) is 20.1 Å². The highest BCUT2D eigenvalue weighted by Gasteiger charge is 2.03. The highest BCUT2D eigenvalue weighted by Crippen LogP contribution is 2.00. The third-order valence-electron chi connectivity index (χ3n) is 2.46. The summed E-state index contributed by atoms with van der Waals surface area (Å²) in [4.78, 5) is 15.2. The summed E-state index contributed by atoms with van der Waals surface area (Å²) in [6.45, 7) is 1.01. The molecule has 1 aromatic heterocycles. The third-order valence-corrected chi connectivity index (χ3v) is 2.46. The van der Waals surface area contributed by atoms with Crippen molar-refractivity contribution >= 4 is 6.09 Å². The minimum Gasteiger partial charge on any atom is -0.445 e. The molecule has 2 aromatic rings. The summed E-state index contributed by atoms with van der Waals surface area (Å²) in [5.41, 5.74) is 0.928. The normalized spacial score (nSPS) is 9.75. The number of rotatable bonds is 5. The van der Waals surface area contributed by atoms with Gasteiger partial charge < -0.3 is 10.1 Å². The van der Waals surface area contributed by atoms with E-state index in [-0.39, 0.29) is 12.4 Å². The zero-order valence-corrected chi connectivity index (χ0v) is 10.7. The van der Waals surface area contributed by atoms with E-state index in [1.807, 2.05) is 36.4 Å². The topological polar surface area (TPSA) is 92.8 Å². The lowest BCUT2D eigenvalue weighted by Gasteiger charge is -2.06. The molecule has 1 amide bonds. The molecule has 7 nitrogen and oxygen atoms in total. The van der Waals surface area contributed by atoms with Gasteiger partial charge in [0.05, 0.1) is 6.54 Å². The predicted octanol–water partition coefficient (Wildman–Crippen LogP) is 1.08. The molecule has 0 aliphatic carbocycles. The fourth-order valence-corrected chi connectivity index (χ4v) is 1.50. The van der Waals surface area contributed by atoms with E-state index in [1.54, 1.807) is 0 Å². The number of amides is 1. The monoisotopic (exact) mass is 271 g/mol. The molecule has 0 saturated carbocycles. The van der Waals surface area contributed by atoms with Gasteiger partial charge in [0.1, 0.15) is 19.0 Å². The summed E-state index contributed by atoms with van der Waals surface area (Å²) in [6, 6.07) is 11.3. The number of nitrogens with one attached hydrogen (secondary N) is 1. The molecule has 0 spiro atoms. The molecule has 2 rings (SSSR count). The fraction of sp³-hybridized carbons (Fsp3) is 0.231. The van der Waals surface area contributed by atoms with Gasteiger partial charge in [-0.15, -0.1) is 5.10 Å². The van der Waals surface area contributed by atoms with Crippen LogP contribution in [-0.4, -0.2) is 27.4 Å². The molecule has 0 radical (unpaired) electrons. The summed E-state index contributed by atoms with van der Waals surface area (Å²) in [7, 11) is 0. The second kappa shape index (κ2) is 6.89. The summed E-state index contributed by atoms with van der Waals surface area (Å²) in [5, 5.41) is 15.0. The minimum atomic E-state index is -0.491. The second-order valence-corrected chi connectivity index (χ2v) is 3.93. The lowest BCUT2D eigenvalue weighted by atomic mass is 10.2. The Morgan fingerprint density at radius 2 is 2.20 bits per heavy atom. The smallest absolute Gasteiger partial charge is 0.407 e. The summed E-state index contributed by atoms with van der Waals surface area (Å²) in [6.07, 6.45) is 0.949. The van der Waals surface area contributed by atoms with Crippen LogP contribution in [0.1, 0.15) is 11.4 Å². The minimum absolute atomic E-state index is 0.108. The fourth-order valence-electron chi connectivity index (χ4n) is 1.50. The molecule has 1 heterocycles. The number of carbonyl (C=O) groups excluding carboxylic acids is 1. The number of hydrogen-bond donors (Lipinski definition) is 1. The first-order valence-electron chi connectivity index (χ1n) is 6.02.